The molecule has 0 amide bonds. The summed E-state index contributed by atoms with van der Waals surface area (Å²) >= 11 is 0. The van der Waals surface area contributed by atoms with E-state index in [9.17, 15) is 4.79 Å². The van der Waals surface area contributed by atoms with Gasteiger partial charge in [0, 0.05) is 6.42 Å². The molecule has 0 saturated carbocycles. The molecule has 0 bridgehead atoms. The SMILES string of the molecule is CC/C=C/CCC=CC=CCCCCCCCC(=O)O. The van der Waals surface area contributed by atoms with Crippen molar-refractivity contribution in [3.05, 3.63) is 36.5 Å². The summed E-state index contributed by atoms with van der Waals surface area (Å²) in [5.41, 5.74) is 0. The standard InChI is InChI=1S/C18H30O2/c1-2-3-4-5-6-7-8-9-10-11-12-13-14-15-16-17-18(19)20/h3-4,7-10H,2,5-6,11-17H2,1H3,(H,19,20)/b4-3+,8-7?,10-9?. The molecular weight excluding hydrogens is 248 g/mol. The Bertz CT molecular complexity index is 301. The highest BCUT2D eigenvalue weighted by Gasteiger charge is 1.95. The van der Waals surface area contributed by atoms with E-state index in [4.69, 9.17) is 5.11 Å². The number of hydrogen-bond acceptors (Lipinski definition) is 1. The van der Waals surface area contributed by atoms with Crippen molar-refractivity contribution in [2.75, 3.05) is 0 Å². The van der Waals surface area contributed by atoms with Gasteiger partial charge in [0.05, 0.1) is 0 Å². The zero-order chi connectivity index (χ0) is 14.9. The zero-order valence-electron chi connectivity index (χ0n) is 12.9. The lowest BCUT2D eigenvalue weighted by molar-refractivity contribution is -0.137. The van der Waals surface area contributed by atoms with Gasteiger partial charge in [0.25, 0.3) is 0 Å². The fourth-order valence-electron chi connectivity index (χ4n) is 1.90. The van der Waals surface area contributed by atoms with E-state index in [0.29, 0.717) is 6.42 Å². The second kappa shape index (κ2) is 15.7. The summed E-state index contributed by atoms with van der Waals surface area (Å²) in [4.78, 5) is 10.3. The van der Waals surface area contributed by atoms with Crippen molar-refractivity contribution in [3.8, 4) is 0 Å². The lowest BCUT2D eigenvalue weighted by atomic mass is 10.1. The highest BCUT2D eigenvalue weighted by Crippen LogP contribution is 2.07. The van der Waals surface area contributed by atoms with Gasteiger partial charge in [-0.05, 0) is 38.5 Å². The molecule has 2 nitrogen and oxygen atoms in total. The summed E-state index contributed by atoms with van der Waals surface area (Å²) in [6, 6.07) is 0. The van der Waals surface area contributed by atoms with Crippen LogP contribution in [0.15, 0.2) is 36.5 Å². The third-order valence-electron chi connectivity index (χ3n) is 3.05. The van der Waals surface area contributed by atoms with Crippen LogP contribution in [0.5, 0.6) is 0 Å². The molecule has 0 aromatic heterocycles. The van der Waals surface area contributed by atoms with Crippen LogP contribution in [-0.2, 0) is 4.79 Å². The van der Waals surface area contributed by atoms with Gasteiger partial charge in [-0.25, -0.2) is 0 Å². The van der Waals surface area contributed by atoms with Crippen LogP contribution in [0, 0.1) is 0 Å². The molecule has 0 atom stereocenters. The topological polar surface area (TPSA) is 37.3 Å². The summed E-state index contributed by atoms with van der Waals surface area (Å²) in [6.07, 6.45) is 23.4. The number of carboxylic acids is 1. The summed E-state index contributed by atoms with van der Waals surface area (Å²) < 4.78 is 0. The molecule has 20 heavy (non-hydrogen) atoms. The number of unbranched alkanes of at least 4 members (excludes halogenated alkanes) is 6. The van der Waals surface area contributed by atoms with E-state index < -0.39 is 5.97 Å². The van der Waals surface area contributed by atoms with Crippen LogP contribution in [0.1, 0.15) is 71.1 Å². The van der Waals surface area contributed by atoms with E-state index >= 15 is 0 Å². The molecule has 0 unspecified atom stereocenters. The highest BCUT2D eigenvalue weighted by atomic mass is 16.4. The largest absolute Gasteiger partial charge is 0.481 e. The van der Waals surface area contributed by atoms with Gasteiger partial charge in [-0.15, -0.1) is 0 Å². The number of carbonyl (C=O) groups is 1. The third-order valence-corrected chi connectivity index (χ3v) is 3.05. The minimum absolute atomic E-state index is 0.318. The lowest BCUT2D eigenvalue weighted by Crippen LogP contribution is -1.93. The fraction of sp³-hybridized carbons (Fsp3) is 0.611. The van der Waals surface area contributed by atoms with E-state index in [2.05, 4.69) is 43.4 Å². The van der Waals surface area contributed by atoms with Crippen molar-refractivity contribution in [1.29, 1.82) is 0 Å². The lowest BCUT2D eigenvalue weighted by Gasteiger charge is -1.97. The molecule has 114 valence electrons. The van der Waals surface area contributed by atoms with Crippen LogP contribution in [0.25, 0.3) is 0 Å². The van der Waals surface area contributed by atoms with Crippen LogP contribution < -0.4 is 0 Å². The van der Waals surface area contributed by atoms with Gasteiger partial charge in [0.1, 0.15) is 0 Å². The van der Waals surface area contributed by atoms with E-state index in [1.807, 2.05) is 0 Å². The summed E-state index contributed by atoms with van der Waals surface area (Å²) in [5.74, 6) is -0.676. The maximum absolute atomic E-state index is 10.3. The van der Waals surface area contributed by atoms with E-state index in [1.165, 1.54) is 12.8 Å². The van der Waals surface area contributed by atoms with Crippen molar-refractivity contribution >= 4 is 5.97 Å². The quantitative estimate of drug-likeness (QED) is 0.268. The molecule has 0 fully saturated rings. The minimum Gasteiger partial charge on any atom is -0.481 e. The molecule has 0 aliphatic heterocycles. The number of rotatable bonds is 13. The van der Waals surface area contributed by atoms with E-state index in [0.717, 1.165) is 44.9 Å². The number of hydrogen-bond donors (Lipinski definition) is 1. The summed E-state index contributed by atoms with van der Waals surface area (Å²) in [7, 11) is 0. The highest BCUT2D eigenvalue weighted by molar-refractivity contribution is 5.66. The molecular formula is C18H30O2. The maximum Gasteiger partial charge on any atom is 0.303 e. The number of aliphatic carboxylic acids is 1. The third kappa shape index (κ3) is 16.7. The van der Waals surface area contributed by atoms with Crippen LogP contribution in [0.2, 0.25) is 0 Å². The Labute approximate surface area is 124 Å². The van der Waals surface area contributed by atoms with Gasteiger partial charge in [0.15, 0.2) is 0 Å². The predicted octanol–water partition coefficient (Wildman–Crippen LogP) is 5.66. The molecule has 0 saturated heterocycles. The molecule has 0 aliphatic rings. The van der Waals surface area contributed by atoms with E-state index in [1.54, 1.807) is 0 Å². The van der Waals surface area contributed by atoms with Gasteiger partial charge < -0.3 is 5.11 Å². The van der Waals surface area contributed by atoms with E-state index in [-0.39, 0.29) is 0 Å². The molecule has 0 radical (unpaired) electrons. The second-order valence-electron chi connectivity index (χ2n) is 5.01. The average Bonchev–Trinajstić information content (AvgIpc) is 2.43. The molecule has 0 aromatic rings. The molecule has 0 rings (SSSR count). The van der Waals surface area contributed by atoms with Crippen LogP contribution in [-0.4, -0.2) is 11.1 Å². The number of allylic oxidation sites excluding steroid dienone is 6. The Morgan fingerprint density at radius 1 is 0.800 bits per heavy atom. The van der Waals surface area contributed by atoms with Crippen LogP contribution >= 0.6 is 0 Å². The molecule has 0 spiro atoms. The first-order valence-electron chi connectivity index (χ1n) is 7.95. The van der Waals surface area contributed by atoms with Crippen molar-refractivity contribution in [2.24, 2.45) is 0 Å². The first-order valence-corrected chi connectivity index (χ1v) is 7.95. The maximum atomic E-state index is 10.3. The smallest absolute Gasteiger partial charge is 0.303 e. The van der Waals surface area contributed by atoms with Gasteiger partial charge in [-0.1, -0.05) is 62.6 Å². The zero-order valence-corrected chi connectivity index (χ0v) is 12.9. The van der Waals surface area contributed by atoms with Crippen molar-refractivity contribution in [1.82, 2.24) is 0 Å². The Morgan fingerprint density at radius 2 is 1.40 bits per heavy atom. The van der Waals surface area contributed by atoms with Crippen LogP contribution in [0.3, 0.4) is 0 Å². The molecule has 0 heterocycles. The van der Waals surface area contributed by atoms with Gasteiger partial charge >= 0.3 is 5.97 Å². The van der Waals surface area contributed by atoms with Gasteiger partial charge in [0.2, 0.25) is 0 Å². The van der Waals surface area contributed by atoms with Gasteiger partial charge in [-0.3, -0.25) is 4.79 Å². The Balaban J connectivity index is 3.25. The van der Waals surface area contributed by atoms with Crippen molar-refractivity contribution in [3.63, 3.8) is 0 Å². The Hall–Kier alpha value is -1.31. The first kappa shape index (κ1) is 18.7. The normalized spacial score (nSPS) is 12.1. The Kier molecular flexibility index (Phi) is 14.7. The summed E-state index contributed by atoms with van der Waals surface area (Å²) in [6.45, 7) is 2.15. The molecule has 0 aliphatic carbocycles. The molecule has 0 aromatic carbocycles. The average molecular weight is 278 g/mol. The monoisotopic (exact) mass is 278 g/mol. The summed E-state index contributed by atoms with van der Waals surface area (Å²) in [5, 5.41) is 8.50. The fourth-order valence-corrected chi connectivity index (χ4v) is 1.90. The second-order valence-corrected chi connectivity index (χ2v) is 5.01. The van der Waals surface area contributed by atoms with Gasteiger partial charge in [-0.2, -0.15) is 0 Å². The first-order chi connectivity index (χ1) is 9.77. The molecule has 1 N–H and O–H groups in total. The predicted molar refractivity (Wildman–Crippen MR) is 86.9 cm³/mol. The Morgan fingerprint density at radius 3 is 2.10 bits per heavy atom. The minimum atomic E-state index is -0.676. The molecule has 2 heteroatoms. The van der Waals surface area contributed by atoms with Crippen molar-refractivity contribution in [2.45, 2.75) is 71.1 Å². The number of carboxylic acid groups (broad SMARTS) is 1. The van der Waals surface area contributed by atoms with Crippen LogP contribution in [0.4, 0.5) is 0 Å². The van der Waals surface area contributed by atoms with Crippen molar-refractivity contribution < 1.29 is 9.90 Å².